The third-order valence-electron chi connectivity index (χ3n) is 3.36. The first-order valence-corrected chi connectivity index (χ1v) is 7.94. The summed E-state index contributed by atoms with van der Waals surface area (Å²) in [5.41, 5.74) is 6.01. The van der Waals surface area contributed by atoms with Gasteiger partial charge in [-0.05, 0) is 12.1 Å². The van der Waals surface area contributed by atoms with Gasteiger partial charge in [0.2, 0.25) is 10.9 Å². The number of benzene rings is 2. The van der Waals surface area contributed by atoms with Gasteiger partial charge < -0.3 is 10.8 Å². The molecule has 0 spiro atoms. The SMILES string of the molecule is Nc1nc(N(C(=O)O)c2ccccc2F)sc1C(=O)c1ccccc1. The van der Waals surface area contributed by atoms with Crippen LogP contribution >= 0.6 is 11.3 Å². The Balaban J connectivity index is 2.05. The van der Waals surface area contributed by atoms with Crippen molar-refractivity contribution < 1.29 is 19.1 Å². The number of carbonyl (C=O) groups is 2. The van der Waals surface area contributed by atoms with E-state index >= 15 is 0 Å². The molecular weight excluding hydrogens is 345 g/mol. The summed E-state index contributed by atoms with van der Waals surface area (Å²) < 4.78 is 14.0. The van der Waals surface area contributed by atoms with Crippen LogP contribution in [0.3, 0.4) is 0 Å². The molecule has 3 aromatic rings. The first kappa shape index (κ1) is 16.6. The lowest BCUT2D eigenvalue weighted by Gasteiger charge is -2.16. The molecule has 1 amide bonds. The van der Waals surface area contributed by atoms with Crippen molar-refractivity contribution in [2.24, 2.45) is 0 Å². The number of hydrogen-bond donors (Lipinski definition) is 2. The second kappa shape index (κ2) is 6.70. The van der Waals surface area contributed by atoms with Crippen molar-refractivity contribution in [2.75, 3.05) is 10.6 Å². The Morgan fingerprint density at radius 3 is 2.36 bits per heavy atom. The molecule has 3 rings (SSSR count). The highest BCUT2D eigenvalue weighted by Gasteiger charge is 2.27. The number of aromatic nitrogens is 1. The monoisotopic (exact) mass is 357 g/mol. The lowest BCUT2D eigenvalue weighted by molar-refractivity contribution is 0.104. The fourth-order valence-corrected chi connectivity index (χ4v) is 3.18. The van der Waals surface area contributed by atoms with Crippen molar-refractivity contribution in [2.45, 2.75) is 0 Å². The molecule has 0 fully saturated rings. The van der Waals surface area contributed by atoms with Gasteiger partial charge in [0.05, 0.1) is 5.69 Å². The minimum atomic E-state index is -1.43. The Hall–Kier alpha value is -3.26. The molecule has 0 saturated heterocycles. The zero-order valence-electron chi connectivity index (χ0n) is 12.7. The topological polar surface area (TPSA) is 96.5 Å². The number of para-hydroxylation sites is 1. The molecule has 0 aliphatic carbocycles. The highest BCUT2D eigenvalue weighted by Crippen LogP contribution is 2.35. The average molecular weight is 357 g/mol. The predicted octanol–water partition coefficient (Wildman–Crippen LogP) is 3.91. The minimum Gasteiger partial charge on any atom is -0.464 e. The molecule has 3 N–H and O–H groups in total. The second-order valence-corrected chi connectivity index (χ2v) is 5.95. The molecule has 0 saturated carbocycles. The van der Waals surface area contributed by atoms with Crippen molar-refractivity contribution in [3.05, 3.63) is 70.9 Å². The maximum atomic E-state index is 14.0. The summed E-state index contributed by atoms with van der Waals surface area (Å²) >= 11 is 0.795. The maximum absolute atomic E-state index is 14.0. The Kier molecular flexibility index (Phi) is 4.44. The van der Waals surface area contributed by atoms with E-state index < -0.39 is 11.9 Å². The van der Waals surface area contributed by atoms with Gasteiger partial charge in [-0.15, -0.1) is 0 Å². The number of thiazole rings is 1. The molecule has 0 bridgehead atoms. The summed E-state index contributed by atoms with van der Waals surface area (Å²) in [7, 11) is 0. The molecular formula is C17H12FN3O3S. The predicted molar refractivity (Wildman–Crippen MR) is 93.0 cm³/mol. The van der Waals surface area contributed by atoms with Gasteiger partial charge >= 0.3 is 6.09 Å². The number of halogens is 1. The number of rotatable bonds is 4. The standard InChI is InChI=1S/C17H12FN3O3S/c18-11-8-4-5-9-12(11)21(17(23)24)16-20-15(19)14(25-16)13(22)10-6-2-1-3-7-10/h1-9H,19H2,(H,23,24). The van der Waals surface area contributed by atoms with Crippen LogP contribution in [0.4, 0.5) is 25.8 Å². The molecule has 1 heterocycles. The minimum absolute atomic E-state index is 0.101. The van der Waals surface area contributed by atoms with Gasteiger partial charge in [0, 0.05) is 5.56 Å². The second-order valence-electron chi connectivity index (χ2n) is 4.98. The molecule has 0 aliphatic rings. The van der Waals surface area contributed by atoms with Gasteiger partial charge in [0.15, 0.2) is 0 Å². The van der Waals surface area contributed by atoms with E-state index in [0.29, 0.717) is 10.5 Å². The number of carboxylic acid groups (broad SMARTS) is 1. The molecule has 0 aliphatic heterocycles. The summed E-state index contributed by atoms with van der Waals surface area (Å²) in [5.74, 6) is -1.20. The number of hydrogen-bond acceptors (Lipinski definition) is 5. The third kappa shape index (κ3) is 3.20. The smallest absolute Gasteiger partial charge is 0.418 e. The van der Waals surface area contributed by atoms with E-state index in [1.165, 1.54) is 18.2 Å². The number of nitrogen functional groups attached to an aromatic ring is 1. The van der Waals surface area contributed by atoms with Crippen LogP contribution in [0.1, 0.15) is 15.2 Å². The van der Waals surface area contributed by atoms with Crippen LogP contribution in [0.5, 0.6) is 0 Å². The summed E-state index contributed by atoms with van der Waals surface area (Å²) in [6.45, 7) is 0. The van der Waals surface area contributed by atoms with Gasteiger partial charge in [-0.2, -0.15) is 0 Å². The lowest BCUT2D eigenvalue weighted by atomic mass is 10.1. The number of amides is 1. The summed E-state index contributed by atoms with van der Waals surface area (Å²) in [6.07, 6.45) is -1.43. The third-order valence-corrected chi connectivity index (χ3v) is 4.42. The number of nitrogens with two attached hydrogens (primary N) is 1. The van der Waals surface area contributed by atoms with Crippen molar-refractivity contribution >= 4 is 39.9 Å². The Morgan fingerprint density at radius 2 is 1.72 bits per heavy atom. The van der Waals surface area contributed by atoms with Crippen molar-refractivity contribution in [1.82, 2.24) is 4.98 Å². The molecule has 126 valence electrons. The van der Waals surface area contributed by atoms with Crippen LogP contribution < -0.4 is 10.6 Å². The van der Waals surface area contributed by atoms with E-state index in [0.717, 1.165) is 17.4 Å². The Bertz CT molecular complexity index is 943. The molecule has 0 atom stereocenters. The molecule has 0 unspecified atom stereocenters. The average Bonchev–Trinajstić information content (AvgIpc) is 2.98. The number of anilines is 3. The van der Waals surface area contributed by atoms with E-state index in [1.807, 2.05) is 0 Å². The van der Waals surface area contributed by atoms with Crippen LogP contribution in [0.25, 0.3) is 0 Å². The van der Waals surface area contributed by atoms with E-state index in [1.54, 1.807) is 30.3 Å². The normalized spacial score (nSPS) is 10.4. The van der Waals surface area contributed by atoms with Gasteiger partial charge in [-0.1, -0.05) is 53.8 Å². The van der Waals surface area contributed by atoms with E-state index in [9.17, 15) is 19.1 Å². The fourth-order valence-electron chi connectivity index (χ4n) is 2.22. The summed E-state index contributed by atoms with van der Waals surface area (Å²) in [5, 5.41) is 9.36. The number of nitrogens with zero attached hydrogens (tertiary/aromatic N) is 2. The highest BCUT2D eigenvalue weighted by atomic mass is 32.1. The number of carbonyl (C=O) groups excluding carboxylic acids is 1. The Labute approximate surface area is 146 Å². The molecule has 0 radical (unpaired) electrons. The molecule has 6 nitrogen and oxygen atoms in total. The van der Waals surface area contributed by atoms with E-state index in [2.05, 4.69) is 4.98 Å². The molecule has 1 aromatic heterocycles. The molecule has 25 heavy (non-hydrogen) atoms. The van der Waals surface area contributed by atoms with Gasteiger partial charge in [0.1, 0.15) is 16.5 Å². The van der Waals surface area contributed by atoms with Gasteiger partial charge in [-0.25, -0.2) is 19.1 Å². The Morgan fingerprint density at radius 1 is 1.08 bits per heavy atom. The quantitative estimate of drug-likeness (QED) is 0.690. The van der Waals surface area contributed by atoms with Crippen LogP contribution in [-0.4, -0.2) is 22.0 Å². The fraction of sp³-hybridized carbons (Fsp3) is 0. The first-order valence-electron chi connectivity index (χ1n) is 7.12. The summed E-state index contributed by atoms with van der Waals surface area (Å²) in [4.78, 5) is 28.9. The van der Waals surface area contributed by atoms with Crippen LogP contribution in [0.15, 0.2) is 54.6 Å². The van der Waals surface area contributed by atoms with Gasteiger partial charge in [-0.3, -0.25) is 4.79 Å². The van der Waals surface area contributed by atoms with Gasteiger partial charge in [0.25, 0.3) is 0 Å². The van der Waals surface area contributed by atoms with Crippen LogP contribution in [-0.2, 0) is 0 Å². The number of ketones is 1. The first-order chi connectivity index (χ1) is 12.0. The molecule has 2 aromatic carbocycles. The van der Waals surface area contributed by atoms with E-state index in [4.69, 9.17) is 5.73 Å². The largest absolute Gasteiger partial charge is 0.464 e. The highest BCUT2D eigenvalue weighted by molar-refractivity contribution is 7.18. The van der Waals surface area contributed by atoms with E-state index in [-0.39, 0.29) is 27.3 Å². The van der Waals surface area contributed by atoms with Crippen molar-refractivity contribution in [3.8, 4) is 0 Å². The van der Waals surface area contributed by atoms with Crippen LogP contribution in [0.2, 0.25) is 0 Å². The molecule has 8 heteroatoms. The van der Waals surface area contributed by atoms with Crippen LogP contribution in [0, 0.1) is 5.82 Å². The maximum Gasteiger partial charge on any atom is 0.418 e. The summed E-state index contributed by atoms with van der Waals surface area (Å²) in [6, 6.07) is 13.8. The lowest BCUT2D eigenvalue weighted by Crippen LogP contribution is -2.24. The van der Waals surface area contributed by atoms with Crippen molar-refractivity contribution in [1.29, 1.82) is 0 Å². The zero-order chi connectivity index (χ0) is 18.0. The zero-order valence-corrected chi connectivity index (χ0v) is 13.5. The van der Waals surface area contributed by atoms with Crippen molar-refractivity contribution in [3.63, 3.8) is 0 Å².